The minimum Gasteiger partial charge on any atom is -0.488 e. The number of carbonyl (C=O) groups excluding carboxylic acids is 1. The normalized spacial score (nSPS) is 10.8. The van der Waals surface area contributed by atoms with E-state index in [0.29, 0.717) is 17.9 Å². The summed E-state index contributed by atoms with van der Waals surface area (Å²) in [6, 6.07) is 23.1. The molecule has 0 atom stereocenters. The molecule has 0 N–H and O–H groups in total. The SMILES string of the molecule is O=C(C=Cc1ccc(Br)cc1)c1cc(Br)ccc1OCc1ccccc1. The van der Waals surface area contributed by atoms with E-state index in [-0.39, 0.29) is 5.78 Å². The van der Waals surface area contributed by atoms with Crippen LogP contribution in [0.2, 0.25) is 0 Å². The van der Waals surface area contributed by atoms with Crippen LogP contribution in [-0.2, 0) is 6.61 Å². The van der Waals surface area contributed by atoms with Crippen molar-refractivity contribution in [2.45, 2.75) is 6.61 Å². The second-order valence-electron chi connectivity index (χ2n) is 5.66. The maximum atomic E-state index is 12.7. The molecule has 3 aromatic carbocycles. The lowest BCUT2D eigenvalue weighted by Gasteiger charge is -2.10. The molecule has 0 spiro atoms. The van der Waals surface area contributed by atoms with E-state index >= 15 is 0 Å². The van der Waals surface area contributed by atoms with Gasteiger partial charge in [0.2, 0.25) is 0 Å². The summed E-state index contributed by atoms with van der Waals surface area (Å²) < 4.78 is 7.73. The number of ether oxygens (including phenoxy) is 1. The number of hydrogen-bond donors (Lipinski definition) is 0. The Labute approximate surface area is 169 Å². The largest absolute Gasteiger partial charge is 0.488 e. The van der Waals surface area contributed by atoms with Crippen LogP contribution in [0, 0.1) is 0 Å². The monoisotopic (exact) mass is 470 g/mol. The molecule has 130 valence electrons. The van der Waals surface area contributed by atoms with Gasteiger partial charge in [0.15, 0.2) is 5.78 Å². The van der Waals surface area contributed by atoms with Crippen LogP contribution < -0.4 is 4.74 Å². The van der Waals surface area contributed by atoms with Crippen molar-refractivity contribution < 1.29 is 9.53 Å². The van der Waals surface area contributed by atoms with E-state index in [2.05, 4.69) is 31.9 Å². The first kappa shape index (κ1) is 18.6. The molecule has 3 rings (SSSR count). The Morgan fingerprint density at radius 1 is 0.885 bits per heavy atom. The summed E-state index contributed by atoms with van der Waals surface area (Å²) in [5.74, 6) is 0.472. The zero-order valence-corrected chi connectivity index (χ0v) is 17.0. The van der Waals surface area contributed by atoms with Crippen molar-refractivity contribution in [3.05, 3.63) is 105 Å². The predicted molar refractivity (Wildman–Crippen MR) is 112 cm³/mol. The summed E-state index contributed by atoms with van der Waals surface area (Å²) in [7, 11) is 0. The zero-order valence-electron chi connectivity index (χ0n) is 13.9. The lowest BCUT2D eigenvalue weighted by Crippen LogP contribution is -2.02. The van der Waals surface area contributed by atoms with Crippen LogP contribution in [-0.4, -0.2) is 5.78 Å². The highest BCUT2D eigenvalue weighted by molar-refractivity contribution is 9.10. The lowest BCUT2D eigenvalue weighted by molar-refractivity contribution is 0.104. The van der Waals surface area contributed by atoms with Crippen molar-refractivity contribution in [1.82, 2.24) is 0 Å². The van der Waals surface area contributed by atoms with Gasteiger partial charge in [-0.2, -0.15) is 0 Å². The molecule has 26 heavy (non-hydrogen) atoms. The molecule has 0 aliphatic rings. The molecule has 2 nitrogen and oxygen atoms in total. The van der Waals surface area contributed by atoms with Gasteiger partial charge in [-0.15, -0.1) is 0 Å². The summed E-state index contributed by atoms with van der Waals surface area (Å²) in [6.07, 6.45) is 3.37. The maximum absolute atomic E-state index is 12.7. The molecule has 0 aliphatic carbocycles. The lowest BCUT2D eigenvalue weighted by atomic mass is 10.1. The fraction of sp³-hybridized carbons (Fsp3) is 0.0455. The van der Waals surface area contributed by atoms with Crippen molar-refractivity contribution in [2.24, 2.45) is 0 Å². The van der Waals surface area contributed by atoms with Crippen LogP contribution in [0.4, 0.5) is 0 Å². The molecular weight excluding hydrogens is 456 g/mol. The first-order valence-electron chi connectivity index (χ1n) is 8.06. The van der Waals surface area contributed by atoms with Crippen molar-refractivity contribution in [3.63, 3.8) is 0 Å². The highest BCUT2D eigenvalue weighted by atomic mass is 79.9. The average Bonchev–Trinajstić information content (AvgIpc) is 2.67. The fourth-order valence-corrected chi connectivity index (χ4v) is 3.02. The van der Waals surface area contributed by atoms with Crippen LogP contribution in [0.3, 0.4) is 0 Å². The van der Waals surface area contributed by atoms with Crippen molar-refractivity contribution >= 4 is 43.7 Å². The molecule has 3 aromatic rings. The van der Waals surface area contributed by atoms with Gasteiger partial charge in [-0.05, 0) is 47.5 Å². The third kappa shape index (κ3) is 5.16. The predicted octanol–water partition coefficient (Wildman–Crippen LogP) is 6.69. The minimum absolute atomic E-state index is 0.0997. The van der Waals surface area contributed by atoms with Gasteiger partial charge in [0, 0.05) is 8.95 Å². The molecule has 0 unspecified atom stereocenters. The Bertz CT molecular complexity index is 917. The zero-order chi connectivity index (χ0) is 18.4. The number of ketones is 1. The molecule has 0 saturated carbocycles. The van der Waals surface area contributed by atoms with Crippen LogP contribution >= 0.6 is 31.9 Å². The van der Waals surface area contributed by atoms with Crippen molar-refractivity contribution in [1.29, 1.82) is 0 Å². The summed E-state index contributed by atoms with van der Waals surface area (Å²) in [6.45, 7) is 0.416. The summed E-state index contributed by atoms with van der Waals surface area (Å²) in [5.41, 5.74) is 2.55. The van der Waals surface area contributed by atoms with Gasteiger partial charge < -0.3 is 4.74 Å². The Hall–Kier alpha value is -2.17. The van der Waals surface area contributed by atoms with E-state index in [9.17, 15) is 4.79 Å². The Morgan fingerprint density at radius 2 is 1.58 bits per heavy atom. The molecule has 0 aromatic heterocycles. The van der Waals surface area contributed by atoms with Gasteiger partial charge in [-0.3, -0.25) is 4.79 Å². The summed E-state index contributed by atoms with van der Waals surface area (Å²) in [4.78, 5) is 12.7. The number of benzene rings is 3. The Morgan fingerprint density at radius 3 is 2.31 bits per heavy atom. The molecule has 0 heterocycles. The molecule has 0 aliphatic heterocycles. The molecule has 0 fully saturated rings. The minimum atomic E-state index is -0.0997. The Balaban J connectivity index is 1.78. The number of allylic oxidation sites excluding steroid dienone is 1. The van der Waals surface area contributed by atoms with Crippen LogP contribution in [0.25, 0.3) is 6.08 Å². The smallest absolute Gasteiger partial charge is 0.189 e. The van der Waals surface area contributed by atoms with Gasteiger partial charge in [0.1, 0.15) is 12.4 Å². The second-order valence-corrected chi connectivity index (χ2v) is 7.50. The number of carbonyl (C=O) groups is 1. The molecule has 0 radical (unpaired) electrons. The molecular formula is C22H16Br2O2. The first-order chi connectivity index (χ1) is 12.6. The summed E-state index contributed by atoms with van der Waals surface area (Å²) >= 11 is 6.83. The van der Waals surface area contributed by atoms with E-state index < -0.39 is 0 Å². The van der Waals surface area contributed by atoms with Crippen LogP contribution in [0.15, 0.2) is 87.8 Å². The second kappa shape index (κ2) is 8.97. The van der Waals surface area contributed by atoms with E-state index in [1.165, 1.54) is 0 Å². The van der Waals surface area contributed by atoms with E-state index in [1.807, 2.05) is 66.7 Å². The van der Waals surface area contributed by atoms with Gasteiger partial charge in [-0.25, -0.2) is 0 Å². The average molecular weight is 472 g/mol. The van der Waals surface area contributed by atoms with Gasteiger partial charge in [0.05, 0.1) is 5.56 Å². The topological polar surface area (TPSA) is 26.3 Å². The van der Waals surface area contributed by atoms with Gasteiger partial charge >= 0.3 is 0 Å². The van der Waals surface area contributed by atoms with Crippen LogP contribution in [0.1, 0.15) is 21.5 Å². The van der Waals surface area contributed by atoms with E-state index in [1.54, 1.807) is 18.2 Å². The molecule has 4 heteroatoms. The van der Waals surface area contributed by atoms with E-state index in [0.717, 1.165) is 20.1 Å². The highest BCUT2D eigenvalue weighted by Gasteiger charge is 2.11. The fourth-order valence-electron chi connectivity index (χ4n) is 2.39. The van der Waals surface area contributed by atoms with Crippen LogP contribution in [0.5, 0.6) is 5.75 Å². The van der Waals surface area contributed by atoms with Crippen molar-refractivity contribution in [2.75, 3.05) is 0 Å². The van der Waals surface area contributed by atoms with Gasteiger partial charge in [-0.1, -0.05) is 80.4 Å². The molecule has 0 bridgehead atoms. The third-order valence-electron chi connectivity index (χ3n) is 3.74. The third-order valence-corrected chi connectivity index (χ3v) is 4.76. The quantitative estimate of drug-likeness (QED) is 0.295. The highest BCUT2D eigenvalue weighted by Crippen LogP contribution is 2.25. The molecule has 0 amide bonds. The van der Waals surface area contributed by atoms with Crippen molar-refractivity contribution in [3.8, 4) is 5.75 Å². The van der Waals surface area contributed by atoms with E-state index in [4.69, 9.17) is 4.74 Å². The summed E-state index contributed by atoms with van der Waals surface area (Å²) in [5, 5.41) is 0. The first-order valence-corrected chi connectivity index (χ1v) is 9.65. The van der Waals surface area contributed by atoms with Gasteiger partial charge in [0.25, 0.3) is 0 Å². The standard InChI is InChI=1S/C22H16Br2O2/c23-18-9-6-16(7-10-18)8-12-21(25)20-14-19(24)11-13-22(20)26-15-17-4-2-1-3-5-17/h1-14H,15H2. The maximum Gasteiger partial charge on any atom is 0.189 e. The number of hydrogen-bond acceptors (Lipinski definition) is 2. The number of rotatable bonds is 6. The Kier molecular flexibility index (Phi) is 6.42. The molecule has 0 saturated heterocycles. The number of halogens is 2.